The van der Waals surface area contributed by atoms with Crippen LogP contribution < -0.4 is 9.62 Å². The fraction of sp³-hybridized carbons (Fsp3) is 0.417. The number of carbonyl (C=O) groups excluding carboxylic acids is 2. The first-order valence-electron chi connectivity index (χ1n) is 10.6. The summed E-state index contributed by atoms with van der Waals surface area (Å²) in [4.78, 5) is 27.8. The first kappa shape index (κ1) is 26.9. The first-order chi connectivity index (χ1) is 15.2. The molecule has 1 N–H and O–H groups in total. The molecular formula is C24H32BrN3O4S. The van der Waals surface area contributed by atoms with Gasteiger partial charge in [0.05, 0.1) is 11.9 Å². The van der Waals surface area contributed by atoms with Crippen LogP contribution in [0.2, 0.25) is 0 Å². The Bertz CT molecular complexity index is 1110. The van der Waals surface area contributed by atoms with E-state index >= 15 is 0 Å². The van der Waals surface area contributed by atoms with Crippen LogP contribution in [0.1, 0.15) is 38.8 Å². The van der Waals surface area contributed by atoms with Crippen LogP contribution in [0.15, 0.2) is 53.0 Å². The summed E-state index contributed by atoms with van der Waals surface area (Å²) in [5.74, 6) is -0.782. The van der Waals surface area contributed by atoms with E-state index in [1.165, 1.54) is 4.90 Å². The monoisotopic (exact) mass is 537 g/mol. The van der Waals surface area contributed by atoms with Gasteiger partial charge in [-0.15, -0.1) is 0 Å². The molecule has 180 valence electrons. The predicted octanol–water partition coefficient (Wildman–Crippen LogP) is 3.86. The summed E-state index contributed by atoms with van der Waals surface area (Å²) in [5.41, 5.74) is 1.77. The molecule has 0 unspecified atom stereocenters. The van der Waals surface area contributed by atoms with Crippen LogP contribution in [-0.4, -0.2) is 49.5 Å². The molecule has 1 atom stereocenters. The molecule has 2 amide bonds. The Morgan fingerprint density at radius 3 is 2.27 bits per heavy atom. The smallest absolute Gasteiger partial charge is 0.244 e. The number of nitrogens with one attached hydrogen (secondary N) is 1. The molecule has 2 rings (SSSR count). The maximum absolute atomic E-state index is 13.5. The number of carbonyl (C=O) groups is 2. The van der Waals surface area contributed by atoms with Crippen LogP contribution in [0, 0.1) is 6.92 Å². The number of amides is 2. The molecule has 0 aromatic heterocycles. The fourth-order valence-electron chi connectivity index (χ4n) is 3.31. The van der Waals surface area contributed by atoms with E-state index in [2.05, 4.69) is 21.2 Å². The van der Waals surface area contributed by atoms with E-state index in [1.54, 1.807) is 31.2 Å². The summed E-state index contributed by atoms with van der Waals surface area (Å²) in [5, 5.41) is 2.90. The second-order valence-electron chi connectivity index (χ2n) is 9.18. The van der Waals surface area contributed by atoms with Crippen LogP contribution in [-0.2, 0) is 26.2 Å². The van der Waals surface area contributed by atoms with E-state index in [-0.39, 0.29) is 12.5 Å². The third-order valence-corrected chi connectivity index (χ3v) is 6.51. The van der Waals surface area contributed by atoms with E-state index < -0.39 is 34.1 Å². The number of benzene rings is 2. The summed E-state index contributed by atoms with van der Waals surface area (Å²) in [6, 6.07) is 13.6. The molecule has 0 saturated heterocycles. The highest BCUT2D eigenvalue weighted by molar-refractivity contribution is 9.10. The van der Waals surface area contributed by atoms with Gasteiger partial charge in [-0.25, -0.2) is 8.42 Å². The minimum absolute atomic E-state index is 0.176. The van der Waals surface area contributed by atoms with Gasteiger partial charge in [0.15, 0.2) is 0 Å². The molecule has 2 aromatic rings. The quantitative estimate of drug-likeness (QED) is 0.553. The lowest BCUT2D eigenvalue weighted by atomic mass is 10.1. The van der Waals surface area contributed by atoms with Crippen LogP contribution in [0.25, 0.3) is 0 Å². The summed E-state index contributed by atoms with van der Waals surface area (Å²) in [6.45, 7) is 8.95. The number of nitrogens with zero attached hydrogens (tertiary/aromatic N) is 2. The summed E-state index contributed by atoms with van der Waals surface area (Å²) >= 11 is 3.34. The molecule has 0 bridgehead atoms. The molecule has 0 aliphatic carbocycles. The Labute approximate surface area is 205 Å². The van der Waals surface area contributed by atoms with Gasteiger partial charge in [-0.05, 0) is 58.4 Å². The van der Waals surface area contributed by atoms with Gasteiger partial charge in [0.1, 0.15) is 12.6 Å². The van der Waals surface area contributed by atoms with Crippen LogP contribution in [0.3, 0.4) is 0 Å². The van der Waals surface area contributed by atoms with Crippen molar-refractivity contribution >= 4 is 43.5 Å². The van der Waals surface area contributed by atoms with Crippen LogP contribution in [0.5, 0.6) is 0 Å². The van der Waals surface area contributed by atoms with E-state index in [0.29, 0.717) is 10.2 Å². The van der Waals surface area contributed by atoms with Gasteiger partial charge in [-0.1, -0.05) is 51.8 Å². The van der Waals surface area contributed by atoms with Gasteiger partial charge in [0.25, 0.3) is 0 Å². The number of aryl methyl sites for hydroxylation is 1. The molecule has 0 aliphatic heterocycles. The SMILES string of the molecule is Cc1cccc(CN(C(=O)CN(c2cccc(Br)c2)S(C)(=O)=O)[C@@H](C)C(=O)NC(C)(C)C)c1. The molecule has 9 heteroatoms. The van der Waals surface area contributed by atoms with Crippen molar-refractivity contribution in [2.24, 2.45) is 0 Å². The number of hydrogen-bond donors (Lipinski definition) is 1. The summed E-state index contributed by atoms with van der Waals surface area (Å²) in [7, 11) is -3.75. The number of hydrogen-bond acceptors (Lipinski definition) is 4. The average Bonchev–Trinajstić information content (AvgIpc) is 2.67. The Balaban J connectivity index is 2.41. The Hall–Kier alpha value is -2.39. The zero-order valence-corrected chi connectivity index (χ0v) is 22.3. The standard InChI is InChI=1S/C24H32BrN3O4S/c1-17-9-7-10-19(13-17)15-27(18(2)23(30)26-24(3,4)5)22(29)16-28(33(6,31)32)21-12-8-11-20(25)14-21/h7-14,18H,15-16H2,1-6H3,(H,26,30)/t18-/m0/s1. The molecule has 2 aromatic carbocycles. The van der Waals surface area contributed by atoms with Crippen molar-refractivity contribution in [3.05, 3.63) is 64.1 Å². The number of sulfonamides is 1. The highest BCUT2D eigenvalue weighted by Crippen LogP contribution is 2.23. The summed E-state index contributed by atoms with van der Waals surface area (Å²) < 4.78 is 26.9. The van der Waals surface area contributed by atoms with Gasteiger partial charge in [0, 0.05) is 16.6 Å². The minimum atomic E-state index is -3.75. The zero-order valence-electron chi connectivity index (χ0n) is 19.9. The second kappa shape index (κ2) is 10.7. The first-order valence-corrected chi connectivity index (χ1v) is 13.2. The number of rotatable bonds is 8. The van der Waals surface area contributed by atoms with Crippen LogP contribution >= 0.6 is 15.9 Å². The maximum atomic E-state index is 13.5. The van der Waals surface area contributed by atoms with Crippen molar-refractivity contribution < 1.29 is 18.0 Å². The topological polar surface area (TPSA) is 86.8 Å². The molecule has 0 radical (unpaired) electrons. The third-order valence-electron chi connectivity index (χ3n) is 4.88. The maximum Gasteiger partial charge on any atom is 0.244 e. The highest BCUT2D eigenvalue weighted by Gasteiger charge is 2.31. The Morgan fingerprint density at radius 1 is 1.09 bits per heavy atom. The van der Waals surface area contributed by atoms with Crippen molar-refractivity contribution in [2.45, 2.75) is 52.7 Å². The lowest BCUT2D eigenvalue weighted by Gasteiger charge is -2.33. The van der Waals surface area contributed by atoms with Crippen molar-refractivity contribution in [1.29, 1.82) is 0 Å². The van der Waals surface area contributed by atoms with Gasteiger partial charge in [0.2, 0.25) is 21.8 Å². The van der Waals surface area contributed by atoms with E-state index in [4.69, 9.17) is 0 Å². The molecule has 7 nitrogen and oxygen atoms in total. The Kier molecular flexibility index (Phi) is 8.70. The zero-order chi connectivity index (χ0) is 25.0. The largest absolute Gasteiger partial charge is 0.350 e. The van der Waals surface area contributed by atoms with Gasteiger partial charge < -0.3 is 10.2 Å². The second-order valence-corrected chi connectivity index (χ2v) is 12.0. The van der Waals surface area contributed by atoms with Gasteiger partial charge >= 0.3 is 0 Å². The lowest BCUT2D eigenvalue weighted by Crippen LogP contribution is -2.54. The van der Waals surface area contributed by atoms with E-state index in [1.807, 2.05) is 52.0 Å². The third kappa shape index (κ3) is 8.16. The molecule has 33 heavy (non-hydrogen) atoms. The molecule has 0 aliphatic rings. The summed E-state index contributed by atoms with van der Waals surface area (Å²) in [6.07, 6.45) is 1.06. The molecule has 0 saturated carbocycles. The predicted molar refractivity (Wildman–Crippen MR) is 135 cm³/mol. The molecule has 0 heterocycles. The Morgan fingerprint density at radius 2 is 1.73 bits per heavy atom. The number of halogens is 1. The van der Waals surface area contributed by atoms with Crippen molar-refractivity contribution in [3.63, 3.8) is 0 Å². The van der Waals surface area contributed by atoms with Crippen molar-refractivity contribution in [3.8, 4) is 0 Å². The average molecular weight is 539 g/mol. The highest BCUT2D eigenvalue weighted by atomic mass is 79.9. The van der Waals surface area contributed by atoms with E-state index in [0.717, 1.165) is 21.7 Å². The van der Waals surface area contributed by atoms with Crippen LogP contribution in [0.4, 0.5) is 5.69 Å². The number of anilines is 1. The van der Waals surface area contributed by atoms with E-state index in [9.17, 15) is 18.0 Å². The normalized spacial score (nSPS) is 12.7. The molecule has 0 spiro atoms. The van der Waals surface area contributed by atoms with Crippen molar-refractivity contribution in [1.82, 2.24) is 10.2 Å². The van der Waals surface area contributed by atoms with Crippen molar-refractivity contribution in [2.75, 3.05) is 17.1 Å². The molecule has 0 fully saturated rings. The fourth-order valence-corrected chi connectivity index (χ4v) is 4.54. The lowest BCUT2D eigenvalue weighted by molar-refractivity contribution is -0.140. The van der Waals surface area contributed by atoms with Gasteiger partial charge in [-0.2, -0.15) is 0 Å². The van der Waals surface area contributed by atoms with Gasteiger partial charge in [-0.3, -0.25) is 13.9 Å². The molecular weight excluding hydrogens is 506 g/mol. The minimum Gasteiger partial charge on any atom is -0.350 e.